The van der Waals surface area contributed by atoms with Gasteiger partial charge < -0.3 is 29.7 Å². The van der Waals surface area contributed by atoms with Crippen LogP contribution in [0, 0.1) is 5.82 Å². The van der Waals surface area contributed by atoms with Gasteiger partial charge >= 0.3 is 6.18 Å². The molecular formula is C37H40F4N4O5. The van der Waals surface area contributed by atoms with Crippen LogP contribution in [0.5, 0.6) is 17.4 Å². The molecule has 1 aromatic heterocycles. The number of hydrogen-bond donors (Lipinski definition) is 2. The zero-order valence-electron chi connectivity index (χ0n) is 28.3. The summed E-state index contributed by atoms with van der Waals surface area (Å²) in [6, 6.07) is 15.8. The number of anilines is 1. The van der Waals surface area contributed by atoms with Crippen LogP contribution in [0.4, 0.5) is 23.2 Å². The third kappa shape index (κ3) is 10.4. The average Bonchev–Trinajstić information content (AvgIpc) is 3.10. The van der Waals surface area contributed by atoms with Gasteiger partial charge in [0.2, 0.25) is 11.8 Å². The maximum atomic E-state index is 15.3. The molecule has 0 fully saturated rings. The number of amides is 2. The number of alkyl halides is 3. The predicted octanol–water partition coefficient (Wildman–Crippen LogP) is 7.15. The standard InChI is InChI=1S/C37H40F4N4O5/c1-5-45(6-2)15-14-42-36(47)27-16-28(37(39,40)41)20-29(17-27)44-34(46)19-26-11-10-25(18-32(26)38)31-22-43-35(21-33(31)49-7-3)50-23-24-8-12-30(48-4)13-9-24/h8-13,16-18,20-22H,5-7,14-15,19,23H2,1-4H3,(H,42,47)(H,44,46). The minimum absolute atomic E-state index is 0.0120. The summed E-state index contributed by atoms with van der Waals surface area (Å²) in [5.41, 5.74) is 0.230. The first-order valence-electron chi connectivity index (χ1n) is 16.1. The lowest BCUT2D eigenvalue weighted by atomic mass is 10.0. The average molecular weight is 697 g/mol. The van der Waals surface area contributed by atoms with Crippen molar-refractivity contribution in [1.82, 2.24) is 15.2 Å². The second kappa shape index (κ2) is 17.5. The van der Waals surface area contributed by atoms with Crippen LogP contribution in [0.25, 0.3) is 11.1 Å². The van der Waals surface area contributed by atoms with E-state index < -0.39 is 35.8 Å². The SMILES string of the molecule is CCOc1cc(OCc2ccc(OC)cc2)ncc1-c1ccc(CC(=O)Nc2cc(C(=O)NCCN(CC)CC)cc(C(F)(F)F)c2)c(F)c1. The van der Waals surface area contributed by atoms with Gasteiger partial charge in [0.15, 0.2) is 0 Å². The molecule has 2 N–H and O–H groups in total. The number of carbonyl (C=O) groups is 2. The van der Waals surface area contributed by atoms with Crippen LogP contribution in [-0.4, -0.2) is 61.6 Å². The first-order chi connectivity index (χ1) is 23.9. The number of nitrogens with zero attached hydrogens (tertiary/aromatic N) is 2. The van der Waals surface area contributed by atoms with Gasteiger partial charge in [-0.1, -0.05) is 38.1 Å². The Labute approximate surface area is 288 Å². The third-order valence-corrected chi connectivity index (χ3v) is 7.82. The first-order valence-corrected chi connectivity index (χ1v) is 16.1. The molecule has 4 rings (SSSR count). The number of methoxy groups -OCH3 is 1. The molecule has 2 amide bonds. The van der Waals surface area contributed by atoms with E-state index in [1.165, 1.54) is 18.3 Å². The van der Waals surface area contributed by atoms with Crippen LogP contribution < -0.4 is 24.8 Å². The molecule has 13 heteroatoms. The Hall–Kier alpha value is -5.17. The van der Waals surface area contributed by atoms with Gasteiger partial charge in [-0.2, -0.15) is 13.2 Å². The van der Waals surface area contributed by atoms with E-state index in [9.17, 15) is 22.8 Å². The fraction of sp³-hybridized carbons (Fsp3) is 0.324. The number of hydrogen-bond acceptors (Lipinski definition) is 7. The van der Waals surface area contributed by atoms with Crippen molar-refractivity contribution < 1.29 is 41.4 Å². The highest BCUT2D eigenvalue weighted by Gasteiger charge is 2.32. The maximum absolute atomic E-state index is 15.3. The third-order valence-electron chi connectivity index (χ3n) is 7.82. The van der Waals surface area contributed by atoms with E-state index in [0.29, 0.717) is 35.9 Å². The van der Waals surface area contributed by atoms with Gasteiger partial charge in [0.25, 0.3) is 5.91 Å². The molecule has 0 radical (unpaired) electrons. The van der Waals surface area contributed by atoms with Crippen LogP contribution in [0.3, 0.4) is 0 Å². The molecule has 0 bridgehead atoms. The summed E-state index contributed by atoms with van der Waals surface area (Å²) in [4.78, 5) is 32.0. The molecule has 0 aliphatic rings. The number of likely N-dealkylation sites (N-methyl/N-ethyl adjacent to an activating group) is 1. The quantitative estimate of drug-likeness (QED) is 0.120. The van der Waals surface area contributed by atoms with Crippen LogP contribution in [0.2, 0.25) is 0 Å². The molecule has 0 saturated carbocycles. The van der Waals surface area contributed by atoms with Gasteiger partial charge in [0.1, 0.15) is 23.9 Å². The molecule has 3 aromatic carbocycles. The maximum Gasteiger partial charge on any atom is 0.416 e. The largest absolute Gasteiger partial charge is 0.497 e. The highest BCUT2D eigenvalue weighted by Crippen LogP contribution is 2.34. The molecule has 266 valence electrons. The van der Waals surface area contributed by atoms with E-state index >= 15 is 4.39 Å². The number of halogens is 4. The number of nitrogens with one attached hydrogen (secondary N) is 2. The predicted molar refractivity (Wildman–Crippen MR) is 182 cm³/mol. The molecule has 4 aromatic rings. The highest BCUT2D eigenvalue weighted by molar-refractivity contribution is 5.98. The minimum Gasteiger partial charge on any atom is -0.497 e. The molecule has 0 unspecified atom stereocenters. The van der Waals surface area contributed by atoms with Crippen molar-refractivity contribution in [3.05, 3.63) is 101 Å². The smallest absolute Gasteiger partial charge is 0.416 e. The zero-order valence-corrected chi connectivity index (χ0v) is 28.3. The molecule has 0 aliphatic carbocycles. The van der Waals surface area contributed by atoms with E-state index in [-0.39, 0.29) is 30.0 Å². The van der Waals surface area contributed by atoms with E-state index in [4.69, 9.17) is 14.2 Å². The van der Waals surface area contributed by atoms with Crippen LogP contribution >= 0.6 is 0 Å². The summed E-state index contributed by atoms with van der Waals surface area (Å²) >= 11 is 0. The molecule has 0 aliphatic heterocycles. The lowest BCUT2D eigenvalue weighted by Gasteiger charge is -2.18. The van der Waals surface area contributed by atoms with Gasteiger partial charge in [-0.15, -0.1) is 0 Å². The summed E-state index contributed by atoms with van der Waals surface area (Å²) in [6.45, 7) is 8.58. The Morgan fingerprint density at radius 2 is 1.66 bits per heavy atom. The van der Waals surface area contributed by atoms with Crippen molar-refractivity contribution in [3.8, 4) is 28.5 Å². The number of aromatic nitrogens is 1. The Balaban J connectivity index is 1.45. The monoisotopic (exact) mass is 696 g/mol. The van der Waals surface area contributed by atoms with E-state index in [0.717, 1.165) is 42.6 Å². The Morgan fingerprint density at radius 1 is 0.920 bits per heavy atom. The lowest BCUT2D eigenvalue weighted by Crippen LogP contribution is -2.34. The summed E-state index contributed by atoms with van der Waals surface area (Å²) in [6.07, 6.45) is -3.74. The zero-order chi connectivity index (χ0) is 36.3. The summed E-state index contributed by atoms with van der Waals surface area (Å²) in [5.74, 6) is -0.748. The fourth-order valence-corrected chi connectivity index (χ4v) is 5.07. The topological polar surface area (TPSA) is 102 Å². The normalized spacial score (nSPS) is 11.3. The number of rotatable bonds is 16. The van der Waals surface area contributed by atoms with Crippen molar-refractivity contribution in [2.45, 2.75) is 40.0 Å². The van der Waals surface area contributed by atoms with Gasteiger partial charge in [0, 0.05) is 42.2 Å². The second-order valence-electron chi connectivity index (χ2n) is 11.2. The van der Waals surface area contributed by atoms with E-state index in [2.05, 4.69) is 20.5 Å². The fourth-order valence-electron chi connectivity index (χ4n) is 5.07. The van der Waals surface area contributed by atoms with E-state index in [1.54, 1.807) is 26.2 Å². The Morgan fingerprint density at radius 3 is 2.30 bits per heavy atom. The molecule has 1 heterocycles. The Bertz CT molecular complexity index is 1760. The van der Waals surface area contributed by atoms with Crippen molar-refractivity contribution in [2.24, 2.45) is 0 Å². The van der Waals surface area contributed by atoms with Crippen LogP contribution in [0.15, 0.2) is 72.9 Å². The number of carbonyl (C=O) groups excluding carboxylic acids is 2. The van der Waals surface area contributed by atoms with Gasteiger partial charge in [-0.3, -0.25) is 9.59 Å². The molecule has 50 heavy (non-hydrogen) atoms. The first kappa shape index (κ1) is 37.6. The van der Waals surface area contributed by atoms with Gasteiger partial charge in [0.05, 0.1) is 25.7 Å². The molecule has 0 atom stereocenters. The molecule has 0 spiro atoms. The molecule has 9 nitrogen and oxygen atoms in total. The number of pyridine rings is 1. The second-order valence-corrected chi connectivity index (χ2v) is 11.2. The summed E-state index contributed by atoms with van der Waals surface area (Å²) in [7, 11) is 1.58. The van der Waals surface area contributed by atoms with Crippen molar-refractivity contribution in [1.29, 1.82) is 0 Å². The summed E-state index contributed by atoms with van der Waals surface area (Å²) < 4.78 is 73.2. The van der Waals surface area contributed by atoms with Gasteiger partial charge in [-0.25, -0.2) is 9.37 Å². The summed E-state index contributed by atoms with van der Waals surface area (Å²) in [5, 5.41) is 5.00. The van der Waals surface area contributed by atoms with Crippen molar-refractivity contribution in [2.75, 3.05) is 45.2 Å². The van der Waals surface area contributed by atoms with Crippen LogP contribution in [-0.2, 0) is 24.0 Å². The van der Waals surface area contributed by atoms with Crippen molar-refractivity contribution in [3.63, 3.8) is 0 Å². The van der Waals surface area contributed by atoms with Crippen LogP contribution in [0.1, 0.15) is 47.8 Å². The Kier molecular flexibility index (Phi) is 13.2. The lowest BCUT2D eigenvalue weighted by molar-refractivity contribution is -0.137. The minimum atomic E-state index is -4.77. The molecule has 0 saturated heterocycles. The number of ether oxygens (including phenoxy) is 3. The number of benzene rings is 3. The van der Waals surface area contributed by atoms with Gasteiger partial charge in [-0.05, 0) is 73.1 Å². The molecular weight excluding hydrogens is 656 g/mol. The van der Waals surface area contributed by atoms with E-state index in [1.807, 2.05) is 38.1 Å². The van der Waals surface area contributed by atoms with Crippen molar-refractivity contribution >= 4 is 17.5 Å². The highest BCUT2D eigenvalue weighted by atomic mass is 19.4.